The molecule has 0 radical (unpaired) electrons. The molecule has 3 aliphatic carbocycles. The zero-order chi connectivity index (χ0) is 10.5. The van der Waals surface area contributed by atoms with Crippen molar-refractivity contribution in [2.24, 2.45) is 5.41 Å². The molecule has 0 spiro atoms. The van der Waals surface area contributed by atoms with E-state index in [0.29, 0.717) is 0 Å². The summed E-state index contributed by atoms with van der Waals surface area (Å²) < 4.78 is 0. The van der Waals surface area contributed by atoms with E-state index in [1.165, 1.54) is 5.56 Å². The van der Waals surface area contributed by atoms with E-state index in [9.17, 15) is 9.90 Å². The topological polar surface area (TPSA) is 37.3 Å². The van der Waals surface area contributed by atoms with Crippen molar-refractivity contribution >= 4 is 5.97 Å². The third-order valence-electron chi connectivity index (χ3n) is 4.28. The number of benzene rings is 1. The molecule has 4 rings (SSSR count). The third-order valence-corrected chi connectivity index (χ3v) is 4.28. The standard InChI is InChI=1S/C13H14O2/c14-11(15)13-7-6-12(8-13,9-13)10-4-2-1-3-5-10/h1-5H,6-9H2,(H,14,15). The van der Waals surface area contributed by atoms with Gasteiger partial charge in [0.25, 0.3) is 0 Å². The first kappa shape index (κ1) is 8.96. The van der Waals surface area contributed by atoms with Gasteiger partial charge >= 0.3 is 5.97 Å². The van der Waals surface area contributed by atoms with Gasteiger partial charge in [-0.05, 0) is 36.7 Å². The van der Waals surface area contributed by atoms with Crippen LogP contribution in [0.1, 0.15) is 31.2 Å². The summed E-state index contributed by atoms with van der Waals surface area (Å²) in [6.45, 7) is 0. The molecule has 1 aromatic rings. The van der Waals surface area contributed by atoms with Crippen LogP contribution >= 0.6 is 0 Å². The van der Waals surface area contributed by atoms with Crippen molar-refractivity contribution in [3.05, 3.63) is 35.9 Å². The van der Waals surface area contributed by atoms with Gasteiger partial charge in [0.2, 0.25) is 0 Å². The van der Waals surface area contributed by atoms with Crippen LogP contribution in [0.15, 0.2) is 30.3 Å². The molecule has 3 fully saturated rings. The normalized spacial score (nSPS) is 37.3. The van der Waals surface area contributed by atoms with Gasteiger partial charge in [-0.15, -0.1) is 0 Å². The summed E-state index contributed by atoms with van der Waals surface area (Å²) in [5, 5.41) is 9.17. The Balaban J connectivity index is 1.91. The molecule has 2 nitrogen and oxygen atoms in total. The van der Waals surface area contributed by atoms with Crippen LogP contribution in [0, 0.1) is 5.41 Å². The van der Waals surface area contributed by atoms with Gasteiger partial charge in [-0.2, -0.15) is 0 Å². The third kappa shape index (κ3) is 1.02. The van der Waals surface area contributed by atoms with E-state index in [4.69, 9.17) is 0 Å². The minimum absolute atomic E-state index is 0.194. The van der Waals surface area contributed by atoms with Crippen molar-refractivity contribution in [2.45, 2.75) is 31.1 Å². The van der Waals surface area contributed by atoms with Crippen molar-refractivity contribution in [2.75, 3.05) is 0 Å². The van der Waals surface area contributed by atoms with Crippen LogP contribution in [0.2, 0.25) is 0 Å². The van der Waals surface area contributed by atoms with Crippen molar-refractivity contribution < 1.29 is 9.90 Å². The summed E-state index contributed by atoms with van der Waals surface area (Å²) in [5.41, 5.74) is 1.15. The highest BCUT2D eigenvalue weighted by molar-refractivity contribution is 5.78. The average Bonchev–Trinajstić information content (AvgIpc) is 2.74. The van der Waals surface area contributed by atoms with E-state index in [-0.39, 0.29) is 10.8 Å². The largest absolute Gasteiger partial charge is 0.481 e. The SMILES string of the molecule is O=C(O)C12CCC(c3ccccc3)(C1)C2. The van der Waals surface area contributed by atoms with E-state index in [2.05, 4.69) is 12.1 Å². The van der Waals surface area contributed by atoms with Crippen LogP contribution < -0.4 is 0 Å². The van der Waals surface area contributed by atoms with Gasteiger partial charge in [-0.1, -0.05) is 30.3 Å². The van der Waals surface area contributed by atoms with Crippen molar-refractivity contribution in [3.8, 4) is 0 Å². The highest BCUT2D eigenvalue weighted by Crippen LogP contribution is 2.67. The molecule has 3 saturated carbocycles. The fraction of sp³-hybridized carbons (Fsp3) is 0.462. The molecule has 2 heteroatoms. The molecule has 1 N–H and O–H groups in total. The summed E-state index contributed by atoms with van der Waals surface area (Å²) >= 11 is 0. The van der Waals surface area contributed by atoms with E-state index in [0.717, 1.165) is 25.7 Å². The zero-order valence-electron chi connectivity index (χ0n) is 8.57. The number of rotatable bonds is 2. The molecule has 0 heterocycles. The molecule has 0 unspecified atom stereocenters. The number of carbonyl (C=O) groups is 1. The molecule has 0 amide bonds. The maximum absolute atomic E-state index is 11.1. The lowest BCUT2D eigenvalue weighted by Crippen LogP contribution is -2.45. The second kappa shape index (κ2) is 2.63. The van der Waals surface area contributed by atoms with Gasteiger partial charge < -0.3 is 5.11 Å². The summed E-state index contributed by atoms with van der Waals surface area (Å²) in [7, 11) is 0. The van der Waals surface area contributed by atoms with E-state index < -0.39 is 5.97 Å². The fourth-order valence-electron chi connectivity index (χ4n) is 3.47. The molecular weight excluding hydrogens is 188 g/mol. The van der Waals surface area contributed by atoms with Gasteiger partial charge in [-0.25, -0.2) is 0 Å². The van der Waals surface area contributed by atoms with Crippen LogP contribution in [0.25, 0.3) is 0 Å². The van der Waals surface area contributed by atoms with Gasteiger partial charge in [0.05, 0.1) is 5.41 Å². The molecule has 78 valence electrons. The first-order valence-electron chi connectivity index (χ1n) is 5.46. The fourth-order valence-corrected chi connectivity index (χ4v) is 3.47. The highest BCUT2D eigenvalue weighted by atomic mass is 16.4. The molecule has 0 aliphatic heterocycles. The number of fused-ring (bicyclic) bond motifs is 1. The first-order valence-corrected chi connectivity index (χ1v) is 5.46. The Kier molecular flexibility index (Phi) is 1.57. The number of hydrogen-bond acceptors (Lipinski definition) is 1. The Labute approximate surface area is 88.9 Å². The van der Waals surface area contributed by atoms with Crippen molar-refractivity contribution in [1.29, 1.82) is 0 Å². The molecule has 1 aromatic carbocycles. The minimum atomic E-state index is -0.591. The van der Waals surface area contributed by atoms with Crippen molar-refractivity contribution in [3.63, 3.8) is 0 Å². The Morgan fingerprint density at radius 1 is 1.13 bits per heavy atom. The van der Waals surface area contributed by atoms with E-state index >= 15 is 0 Å². The second-order valence-electron chi connectivity index (χ2n) is 5.09. The average molecular weight is 202 g/mol. The summed E-state index contributed by atoms with van der Waals surface area (Å²) in [6, 6.07) is 10.4. The van der Waals surface area contributed by atoms with Crippen LogP contribution in [0.5, 0.6) is 0 Å². The van der Waals surface area contributed by atoms with Gasteiger partial charge in [0, 0.05) is 0 Å². The number of aliphatic carboxylic acids is 1. The number of hydrogen-bond donors (Lipinski definition) is 1. The predicted molar refractivity (Wildman–Crippen MR) is 56.7 cm³/mol. The first-order chi connectivity index (χ1) is 7.17. The van der Waals surface area contributed by atoms with Crippen LogP contribution in [-0.4, -0.2) is 11.1 Å². The molecule has 2 bridgehead atoms. The number of carboxylic acids is 1. The molecule has 0 aromatic heterocycles. The van der Waals surface area contributed by atoms with E-state index in [1.54, 1.807) is 0 Å². The molecule has 0 atom stereocenters. The summed E-state index contributed by atoms with van der Waals surface area (Å²) in [4.78, 5) is 11.1. The zero-order valence-corrected chi connectivity index (χ0v) is 8.57. The lowest BCUT2D eigenvalue weighted by atomic mass is 9.57. The predicted octanol–water partition coefficient (Wildman–Crippen LogP) is 2.58. The summed E-state index contributed by atoms with van der Waals surface area (Å²) in [5.74, 6) is -0.591. The van der Waals surface area contributed by atoms with Gasteiger partial charge in [-0.3, -0.25) is 4.79 Å². The van der Waals surface area contributed by atoms with Gasteiger partial charge in [0.15, 0.2) is 0 Å². The van der Waals surface area contributed by atoms with Crippen molar-refractivity contribution in [1.82, 2.24) is 0 Å². The Hall–Kier alpha value is -1.31. The molecule has 3 aliphatic rings. The molecule has 0 saturated heterocycles. The quantitative estimate of drug-likeness (QED) is 0.800. The summed E-state index contributed by atoms with van der Waals surface area (Å²) in [6.07, 6.45) is 3.60. The minimum Gasteiger partial charge on any atom is -0.481 e. The Morgan fingerprint density at radius 2 is 1.80 bits per heavy atom. The second-order valence-corrected chi connectivity index (χ2v) is 5.09. The highest BCUT2D eigenvalue weighted by Gasteiger charge is 2.65. The van der Waals surface area contributed by atoms with Crippen LogP contribution in [-0.2, 0) is 10.2 Å². The van der Waals surface area contributed by atoms with E-state index in [1.807, 2.05) is 18.2 Å². The smallest absolute Gasteiger partial charge is 0.309 e. The molecular formula is C13H14O2. The monoisotopic (exact) mass is 202 g/mol. The van der Waals surface area contributed by atoms with Crippen LogP contribution in [0.3, 0.4) is 0 Å². The van der Waals surface area contributed by atoms with Crippen LogP contribution in [0.4, 0.5) is 0 Å². The Bertz CT molecular complexity index is 402. The maximum Gasteiger partial charge on any atom is 0.309 e. The number of carboxylic acid groups (broad SMARTS) is 1. The maximum atomic E-state index is 11.1. The Morgan fingerprint density at radius 3 is 2.33 bits per heavy atom. The van der Waals surface area contributed by atoms with Gasteiger partial charge in [0.1, 0.15) is 0 Å². The lowest BCUT2D eigenvalue weighted by molar-refractivity contribution is -0.154. The molecule has 15 heavy (non-hydrogen) atoms. The lowest BCUT2D eigenvalue weighted by Gasteiger charge is -2.45.